The van der Waals surface area contributed by atoms with Crippen LogP contribution in [-0.2, 0) is 16.0 Å². The minimum absolute atomic E-state index is 0.183. The zero-order chi connectivity index (χ0) is 15.3. The second-order valence-electron chi connectivity index (χ2n) is 3.99. The van der Waals surface area contributed by atoms with Crippen LogP contribution in [-0.4, -0.2) is 31.9 Å². The molecular formula is C14H19ClO5. The molecule has 0 spiro atoms. The van der Waals surface area contributed by atoms with Crippen LogP contribution in [0.25, 0.3) is 0 Å². The fourth-order valence-electron chi connectivity index (χ4n) is 2.03. The van der Waals surface area contributed by atoms with Gasteiger partial charge in [-0.1, -0.05) is 18.5 Å². The largest absolute Gasteiger partial charge is 0.493 e. The Morgan fingerprint density at radius 2 is 2.00 bits per heavy atom. The lowest BCUT2D eigenvalue weighted by atomic mass is 9.98. The van der Waals surface area contributed by atoms with Crippen molar-refractivity contribution >= 4 is 17.6 Å². The molecule has 1 unspecified atom stereocenters. The maximum atomic E-state index is 11.7. The van der Waals surface area contributed by atoms with Gasteiger partial charge in [0, 0.05) is 17.2 Å². The monoisotopic (exact) mass is 302 g/mol. The number of carbonyl (C=O) groups excluding carboxylic acids is 1. The number of rotatable bonds is 6. The van der Waals surface area contributed by atoms with Crippen LogP contribution >= 0.6 is 11.6 Å². The molecule has 20 heavy (non-hydrogen) atoms. The highest BCUT2D eigenvalue weighted by molar-refractivity contribution is 6.32. The van der Waals surface area contributed by atoms with E-state index in [1.807, 2.05) is 6.92 Å². The second-order valence-corrected chi connectivity index (χ2v) is 4.40. The van der Waals surface area contributed by atoms with Crippen LogP contribution < -0.4 is 9.47 Å². The number of halogens is 1. The molecular weight excluding hydrogens is 284 g/mol. The number of aliphatic hydroxyl groups excluding tert-OH is 1. The molecule has 112 valence electrons. The number of ether oxygens (including phenoxy) is 3. The fraction of sp³-hybridized carbons (Fsp3) is 0.500. The summed E-state index contributed by atoms with van der Waals surface area (Å²) in [6.07, 6.45) is -0.927. The molecule has 0 amide bonds. The van der Waals surface area contributed by atoms with Crippen molar-refractivity contribution in [2.24, 2.45) is 0 Å². The Bertz CT molecular complexity index is 487. The molecule has 0 heterocycles. The predicted molar refractivity (Wildman–Crippen MR) is 75.5 cm³/mol. The zero-order valence-corrected chi connectivity index (χ0v) is 12.8. The Hall–Kier alpha value is -1.46. The Morgan fingerprint density at radius 3 is 2.45 bits per heavy atom. The molecule has 6 heteroatoms. The van der Waals surface area contributed by atoms with Gasteiger partial charge in [0.05, 0.1) is 25.8 Å². The molecule has 0 bridgehead atoms. The van der Waals surface area contributed by atoms with Gasteiger partial charge in [-0.05, 0) is 13.3 Å². The minimum Gasteiger partial charge on any atom is -0.493 e. The molecule has 1 atom stereocenters. The van der Waals surface area contributed by atoms with Gasteiger partial charge in [-0.3, -0.25) is 0 Å². The Labute approximate surface area is 123 Å². The number of hydrogen-bond donors (Lipinski definition) is 1. The van der Waals surface area contributed by atoms with E-state index in [1.54, 1.807) is 6.92 Å². The van der Waals surface area contributed by atoms with E-state index in [0.29, 0.717) is 29.0 Å². The summed E-state index contributed by atoms with van der Waals surface area (Å²) in [7, 11) is 2.99. The van der Waals surface area contributed by atoms with Crippen molar-refractivity contribution in [3.8, 4) is 11.5 Å². The summed E-state index contributed by atoms with van der Waals surface area (Å²) in [6, 6.07) is 1.51. The first-order valence-corrected chi connectivity index (χ1v) is 6.67. The van der Waals surface area contributed by atoms with Gasteiger partial charge in [0.2, 0.25) is 0 Å². The number of esters is 1. The van der Waals surface area contributed by atoms with Gasteiger partial charge in [0.15, 0.2) is 17.6 Å². The van der Waals surface area contributed by atoms with Crippen LogP contribution in [0.2, 0.25) is 5.02 Å². The summed E-state index contributed by atoms with van der Waals surface area (Å²) in [4.78, 5) is 11.7. The number of methoxy groups -OCH3 is 2. The average Bonchev–Trinajstić information content (AvgIpc) is 2.45. The van der Waals surface area contributed by atoms with E-state index in [9.17, 15) is 9.90 Å². The highest BCUT2D eigenvalue weighted by atomic mass is 35.5. The SMILES string of the molecule is CCOC(=O)C(O)c1c(Cl)cc(OC)c(OC)c1CC. The predicted octanol–water partition coefficient (Wildman–Crippen LogP) is 2.52. The van der Waals surface area contributed by atoms with Crippen molar-refractivity contribution < 1.29 is 24.1 Å². The lowest BCUT2D eigenvalue weighted by Crippen LogP contribution is -2.18. The van der Waals surface area contributed by atoms with Gasteiger partial charge in [-0.2, -0.15) is 0 Å². The van der Waals surface area contributed by atoms with E-state index in [1.165, 1.54) is 20.3 Å². The molecule has 1 rings (SSSR count). The van der Waals surface area contributed by atoms with Gasteiger partial charge in [-0.25, -0.2) is 4.79 Å². The molecule has 0 radical (unpaired) electrons. The summed E-state index contributed by atoms with van der Waals surface area (Å²) < 4.78 is 15.3. The van der Waals surface area contributed by atoms with E-state index in [-0.39, 0.29) is 11.6 Å². The summed E-state index contributed by atoms with van der Waals surface area (Å²) in [5.74, 6) is 0.170. The molecule has 1 aromatic carbocycles. The second kappa shape index (κ2) is 7.36. The summed E-state index contributed by atoms with van der Waals surface area (Å²) in [5, 5.41) is 10.4. The van der Waals surface area contributed by atoms with E-state index < -0.39 is 12.1 Å². The maximum Gasteiger partial charge on any atom is 0.339 e. The quantitative estimate of drug-likeness (QED) is 0.818. The molecule has 0 aliphatic rings. The molecule has 1 N–H and O–H groups in total. The van der Waals surface area contributed by atoms with Gasteiger partial charge in [0.1, 0.15) is 0 Å². The van der Waals surface area contributed by atoms with Gasteiger partial charge >= 0.3 is 5.97 Å². The van der Waals surface area contributed by atoms with Crippen molar-refractivity contribution in [2.45, 2.75) is 26.4 Å². The van der Waals surface area contributed by atoms with Gasteiger partial charge in [-0.15, -0.1) is 0 Å². The Morgan fingerprint density at radius 1 is 1.35 bits per heavy atom. The molecule has 0 aromatic heterocycles. The molecule has 0 fully saturated rings. The topological polar surface area (TPSA) is 65.0 Å². The summed E-state index contributed by atoms with van der Waals surface area (Å²) in [6.45, 7) is 3.72. The molecule has 1 aromatic rings. The third-order valence-electron chi connectivity index (χ3n) is 2.90. The Balaban J connectivity index is 3.41. The average molecular weight is 303 g/mol. The molecule has 0 saturated heterocycles. The van der Waals surface area contributed by atoms with Crippen LogP contribution in [0.1, 0.15) is 31.1 Å². The van der Waals surface area contributed by atoms with Crippen LogP contribution in [0.5, 0.6) is 11.5 Å². The van der Waals surface area contributed by atoms with Gasteiger partial charge < -0.3 is 19.3 Å². The normalized spacial score (nSPS) is 11.9. The van der Waals surface area contributed by atoms with E-state index >= 15 is 0 Å². The van der Waals surface area contributed by atoms with E-state index in [4.69, 9.17) is 25.8 Å². The number of aliphatic hydroxyl groups is 1. The van der Waals surface area contributed by atoms with Gasteiger partial charge in [0.25, 0.3) is 0 Å². The molecule has 0 aliphatic carbocycles. The number of benzene rings is 1. The van der Waals surface area contributed by atoms with E-state index in [0.717, 1.165) is 0 Å². The lowest BCUT2D eigenvalue weighted by molar-refractivity contribution is -0.153. The maximum absolute atomic E-state index is 11.7. The third-order valence-corrected chi connectivity index (χ3v) is 3.21. The molecule has 0 aliphatic heterocycles. The van der Waals surface area contributed by atoms with Crippen LogP contribution in [0, 0.1) is 0 Å². The third kappa shape index (κ3) is 3.16. The minimum atomic E-state index is -1.45. The van der Waals surface area contributed by atoms with Crippen LogP contribution in [0.4, 0.5) is 0 Å². The standard InChI is InChI=1S/C14H19ClO5/c1-5-8-11(12(16)14(17)20-6-2)9(15)7-10(18-3)13(8)19-4/h7,12,16H,5-6H2,1-4H3. The van der Waals surface area contributed by atoms with Crippen molar-refractivity contribution in [2.75, 3.05) is 20.8 Å². The van der Waals surface area contributed by atoms with Crippen molar-refractivity contribution in [3.63, 3.8) is 0 Å². The fourth-order valence-corrected chi connectivity index (χ4v) is 2.35. The first-order valence-electron chi connectivity index (χ1n) is 6.29. The van der Waals surface area contributed by atoms with Crippen molar-refractivity contribution in [1.29, 1.82) is 0 Å². The highest BCUT2D eigenvalue weighted by Crippen LogP contribution is 2.41. The number of carbonyl (C=O) groups is 1. The Kier molecular flexibility index (Phi) is 6.10. The first kappa shape index (κ1) is 16.6. The van der Waals surface area contributed by atoms with Crippen LogP contribution in [0.3, 0.4) is 0 Å². The summed E-state index contributed by atoms with van der Waals surface area (Å²) in [5.41, 5.74) is 0.919. The van der Waals surface area contributed by atoms with Crippen molar-refractivity contribution in [3.05, 3.63) is 22.2 Å². The lowest BCUT2D eigenvalue weighted by Gasteiger charge is -2.20. The highest BCUT2D eigenvalue weighted by Gasteiger charge is 2.28. The zero-order valence-electron chi connectivity index (χ0n) is 12.0. The first-order chi connectivity index (χ1) is 9.51. The van der Waals surface area contributed by atoms with Crippen molar-refractivity contribution in [1.82, 2.24) is 0 Å². The van der Waals surface area contributed by atoms with Crippen LogP contribution in [0.15, 0.2) is 6.07 Å². The molecule has 0 saturated carbocycles. The smallest absolute Gasteiger partial charge is 0.339 e. The molecule has 5 nitrogen and oxygen atoms in total. The van der Waals surface area contributed by atoms with E-state index in [2.05, 4.69) is 0 Å². The summed E-state index contributed by atoms with van der Waals surface area (Å²) >= 11 is 6.16. The number of hydrogen-bond acceptors (Lipinski definition) is 5.